The first kappa shape index (κ1) is 11.1. The number of piperidine rings is 1. The fourth-order valence-corrected chi connectivity index (χ4v) is 2.07. The van der Waals surface area contributed by atoms with Crippen molar-refractivity contribution in [2.45, 2.75) is 18.9 Å². The number of hydrogen-bond donors (Lipinski definition) is 1. The van der Waals surface area contributed by atoms with Crippen LogP contribution in [0.3, 0.4) is 0 Å². The molecule has 2 heterocycles. The molecule has 0 spiro atoms. The van der Waals surface area contributed by atoms with Crippen LogP contribution in [0.1, 0.15) is 23.2 Å². The van der Waals surface area contributed by atoms with Crippen molar-refractivity contribution < 1.29 is 4.79 Å². The number of nitrogens with zero attached hydrogens (tertiary/aromatic N) is 3. The van der Waals surface area contributed by atoms with E-state index in [1.54, 1.807) is 17.1 Å². The Kier molecular flexibility index (Phi) is 3.24. The molecule has 16 heavy (non-hydrogen) atoms. The molecule has 0 bridgehead atoms. The van der Waals surface area contributed by atoms with E-state index in [1.807, 2.05) is 19.0 Å². The monoisotopic (exact) mass is 222 g/mol. The number of amides is 1. The molecule has 5 nitrogen and oxygen atoms in total. The molecule has 1 atom stereocenters. The summed E-state index contributed by atoms with van der Waals surface area (Å²) in [5.41, 5.74) is 0.663. The van der Waals surface area contributed by atoms with Gasteiger partial charge in [-0.2, -0.15) is 5.10 Å². The van der Waals surface area contributed by atoms with Crippen molar-refractivity contribution in [2.75, 3.05) is 20.1 Å². The highest BCUT2D eigenvalue weighted by atomic mass is 16.2. The summed E-state index contributed by atoms with van der Waals surface area (Å²) < 4.78 is 1.65. The van der Waals surface area contributed by atoms with Crippen LogP contribution in [0.15, 0.2) is 12.4 Å². The molecule has 1 aromatic rings. The van der Waals surface area contributed by atoms with Crippen molar-refractivity contribution >= 4 is 5.91 Å². The van der Waals surface area contributed by atoms with Crippen molar-refractivity contribution in [1.29, 1.82) is 0 Å². The van der Waals surface area contributed by atoms with Crippen LogP contribution < -0.4 is 5.32 Å². The van der Waals surface area contributed by atoms with Gasteiger partial charge in [-0.3, -0.25) is 9.48 Å². The maximum atomic E-state index is 12.1. The second-order valence-electron chi connectivity index (χ2n) is 4.32. The highest BCUT2D eigenvalue weighted by Gasteiger charge is 2.23. The van der Waals surface area contributed by atoms with E-state index in [9.17, 15) is 4.79 Å². The minimum atomic E-state index is 0.0572. The standard InChI is InChI=1S/C11H18N4O/c1-14-8-9(6-13-14)11(16)15(2)10-4-3-5-12-7-10/h6,8,10,12H,3-5,7H2,1-2H3. The van der Waals surface area contributed by atoms with Gasteiger partial charge in [0.1, 0.15) is 0 Å². The Balaban J connectivity index is 2.03. The average molecular weight is 222 g/mol. The largest absolute Gasteiger partial charge is 0.337 e. The Bertz CT molecular complexity index is 368. The minimum Gasteiger partial charge on any atom is -0.337 e. The molecular weight excluding hydrogens is 204 g/mol. The van der Waals surface area contributed by atoms with Gasteiger partial charge in [0.2, 0.25) is 0 Å². The van der Waals surface area contributed by atoms with E-state index >= 15 is 0 Å². The Labute approximate surface area is 95.4 Å². The Morgan fingerprint density at radius 1 is 1.69 bits per heavy atom. The molecule has 1 amide bonds. The maximum Gasteiger partial charge on any atom is 0.257 e. The number of aromatic nitrogens is 2. The van der Waals surface area contributed by atoms with Gasteiger partial charge < -0.3 is 10.2 Å². The molecule has 0 saturated carbocycles. The highest BCUT2D eigenvalue weighted by molar-refractivity contribution is 5.93. The number of hydrogen-bond acceptors (Lipinski definition) is 3. The van der Waals surface area contributed by atoms with Crippen molar-refractivity contribution in [3.63, 3.8) is 0 Å². The number of carbonyl (C=O) groups is 1. The summed E-state index contributed by atoms with van der Waals surface area (Å²) in [5, 5.41) is 7.33. The molecule has 1 aliphatic rings. The van der Waals surface area contributed by atoms with Gasteiger partial charge in [-0.15, -0.1) is 0 Å². The lowest BCUT2D eigenvalue weighted by Gasteiger charge is -2.31. The molecular formula is C11H18N4O. The van der Waals surface area contributed by atoms with Crippen molar-refractivity contribution in [1.82, 2.24) is 20.0 Å². The van der Waals surface area contributed by atoms with E-state index in [-0.39, 0.29) is 5.91 Å². The summed E-state index contributed by atoms with van der Waals surface area (Å²) in [6.07, 6.45) is 5.59. The predicted molar refractivity (Wildman–Crippen MR) is 61.2 cm³/mol. The normalized spacial score (nSPS) is 20.8. The quantitative estimate of drug-likeness (QED) is 0.780. The molecule has 0 aromatic carbocycles. The molecule has 2 rings (SSSR count). The average Bonchev–Trinajstić information content (AvgIpc) is 2.75. The van der Waals surface area contributed by atoms with E-state index in [0.29, 0.717) is 11.6 Å². The second-order valence-corrected chi connectivity index (χ2v) is 4.32. The molecule has 1 fully saturated rings. The van der Waals surface area contributed by atoms with Gasteiger partial charge in [0, 0.05) is 32.9 Å². The Morgan fingerprint density at radius 3 is 3.06 bits per heavy atom. The predicted octanol–water partition coefficient (Wildman–Crippen LogP) is 0.244. The van der Waals surface area contributed by atoms with Crippen LogP contribution in [-0.4, -0.2) is 46.8 Å². The second kappa shape index (κ2) is 4.65. The van der Waals surface area contributed by atoms with Crippen LogP contribution in [0.2, 0.25) is 0 Å². The third-order valence-corrected chi connectivity index (χ3v) is 3.09. The summed E-state index contributed by atoms with van der Waals surface area (Å²) in [5.74, 6) is 0.0572. The molecule has 1 aliphatic heterocycles. The first-order valence-corrected chi connectivity index (χ1v) is 5.65. The SMILES string of the molecule is CN(C(=O)c1cnn(C)c1)C1CCCNC1. The Hall–Kier alpha value is -1.36. The van der Waals surface area contributed by atoms with Gasteiger partial charge in [0.05, 0.1) is 11.8 Å². The summed E-state index contributed by atoms with van der Waals surface area (Å²) >= 11 is 0. The third kappa shape index (κ3) is 2.24. The third-order valence-electron chi connectivity index (χ3n) is 3.09. The maximum absolute atomic E-state index is 12.1. The molecule has 5 heteroatoms. The number of rotatable bonds is 2. The number of aryl methyl sites for hydroxylation is 1. The zero-order valence-corrected chi connectivity index (χ0v) is 9.81. The van der Waals surface area contributed by atoms with Gasteiger partial charge in [0.15, 0.2) is 0 Å². The van der Waals surface area contributed by atoms with Crippen molar-refractivity contribution in [3.05, 3.63) is 18.0 Å². The highest BCUT2D eigenvalue weighted by Crippen LogP contribution is 2.11. The Morgan fingerprint density at radius 2 is 2.50 bits per heavy atom. The molecule has 1 unspecified atom stereocenters. The lowest BCUT2D eigenvalue weighted by Crippen LogP contribution is -2.46. The van der Waals surface area contributed by atoms with Gasteiger partial charge in [-0.1, -0.05) is 0 Å². The summed E-state index contributed by atoms with van der Waals surface area (Å²) in [4.78, 5) is 13.9. The van der Waals surface area contributed by atoms with Crippen LogP contribution in [0, 0.1) is 0 Å². The fraction of sp³-hybridized carbons (Fsp3) is 0.636. The van der Waals surface area contributed by atoms with Crippen LogP contribution in [-0.2, 0) is 7.05 Å². The number of carbonyl (C=O) groups excluding carboxylic acids is 1. The molecule has 0 radical (unpaired) electrons. The van der Waals surface area contributed by atoms with Crippen molar-refractivity contribution in [3.8, 4) is 0 Å². The van der Waals surface area contributed by atoms with Crippen molar-refractivity contribution in [2.24, 2.45) is 7.05 Å². The van der Waals surface area contributed by atoms with E-state index in [0.717, 1.165) is 25.9 Å². The summed E-state index contributed by atoms with van der Waals surface area (Å²) in [6, 6.07) is 0.307. The summed E-state index contributed by atoms with van der Waals surface area (Å²) in [6.45, 7) is 1.95. The minimum absolute atomic E-state index is 0.0572. The van der Waals surface area contributed by atoms with E-state index < -0.39 is 0 Å². The lowest BCUT2D eigenvalue weighted by atomic mass is 10.1. The van der Waals surface area contributed by atoms with Crippen LogP contribution in [0.4, 0.5) is 0 Å². The van der Waals surface area contributed by atoms with Crippen LogP contribution in [0.25, 0.3) is 0 Å². The topological polar surface area (TPSA) is 50.2 Å². The fourth-order valence-electron chi connectivity index (χ4n) is 2.07. The summed E-state index contributed by atoms with van der Waals surface area (Å²) in [7, 11) is 3.69. The first-order chi connectivity index (χ1) is 7.68. The molecule has 1 aromatic heterocycles. The number of likely N-dealkylation sites (N-methyl/N-ethyl adjacent to an activating group) is 1. The van der Waals surface area contributed by atoms with E-state index in [1.165, 1.54) is 0 Å². The number of nitrogens with one attached hydrogen (secondary N) is 1. The van der Waals surface area contributed by atoms with Gasteiger partial charge in [0.25, 0.3) is 5.91 Å². The van der Waals surface area contributed by atoms with Crippen LogP contribution in [0.5, 0.6) is 0 Å². The zero-order valence-electron chi connectivity index (χ0n) is 9.81. The molecule has 1 saturated heterocycles. The molecule has 1 N–H and O–H groups in total. The van der Waals surface area contributed by atoms with Gasteiger partial charge in [-0.25, -0.2) is 0 Å². The smallest absolute Gasteiger partial charge is 0.257 e. The zero-order chi connectivity index (χ0) is 11.5. The van der Waals surface area contributed by atoms with Gasteiger partial charge >= 0.3 is 0 Å². The van der Waals surface area contributed by atoms with Gasteiger partial charge in [-0.05, 0) is 19.4 Å². The van der Waals surface area contributed by atoms with E-state index in [2.05, 4.69) is 10.4 Å². The van der Waals surface area contributed by atoms with Crippen LogP contribution >= 0.6 is 0 Å². The molecule has 0 aliphatic carbocycles. The van der Waals surface area contributed by atoms with E-state index in [4.69, 9.17) is 0 Å². The molecule has 88 valence electrons. The lowest BCUT2D eigenvalue weighted by molar-refractivity contribution is 0.0708. The first-order valence-electron chi connectivity index (χ1n) is 5.65.